The summed E-state index contributed by atoms with van der Waals surface area (Å²) in [5.74, 6) is 1.12. The number of carbonyl (C=O) groups is 1. The van der Waals surface area contributed by atoms with Gasteiger partial charge in [-0.3, -0.25) is 4.79 Å². The quantitative estimate of drug-likeness (QED) is 0.683. The van der Waals surface area contributed by atoms with Gasteiger partial charge in [0.15, 0.2) is 0 Å². The first-order valence-corrected chi connectivity index (χ1v) is 5.72. The average molecular weight is 237 g/mol. The zero-order valence-electron chi connectivity index (χ0n) is 10.4. The molecule has 0 bridgehead atoms. The summed E-state index contributed by atoms with van der Waals surface area (Å²) in [7, 11) is 1.75. The highest BCUT2D eigenvalue weighted by Gasteiger charge is 2.12. The van der Waals surface area contributed by atoms with Crippen LogP contribution in [-0.4, -0.2) is 35.5 Å². The SMILES string of the molecule is CCCNC(=O)C(C)Nc1ccnc(NC)n1. The molecule has 1 aromatic heterocycles. The van der Waals surface area contributed by atoms with Crippen LogP contribution in [0.1, 0.15) is 20.3 Å². The number of nitrogens with zero attached hydrogens (tertiary/aromatic N) is 2. The Morgan fingerprint density at radius 2 is 2.29 bits per heavy atom. The molecule has 1 rings (SSSR count). The van der Waals surface area contributed by atoms with Crippen molar-refractivity contribution in [3.63, 3.8) is 0 Å². The van der Waals surface area contributed by atoms with Gasteiger partial charge in [-0.15, -0.1) is 0 Å². The molecule has 0 aliphatic heterocycles. The molecule has 0 aromatic carbocycles. The Balaban J connectivity index is 2.54. The maximum Gasteiger partial charge on any atom is 0.242 e. The van der Waals surface area contributed by atoms with Crippen LogP contribution in [0.25, 0.3) is 0 Å². The number of carbonyl (C=O) groups excluding carboxylic acids is 1. The highest BCUT2D eigenvalue weighted by atomic mass is 16.2. The molecule has 0 aliphatic carbocycles. The Morgan fingerprint density at radius 3 is 2.94 bits per heavy atom. The van der Waals surface area contributed by atoms with Gasteiger partial charge >= 0.3 is 0 Å². The van der Waals surface area contributed by atoms with Gasteiger partial charge in [0.25, 0.3) is 0 Å². The van der Waals surface area contributed by atoms with Crippen LogP contribution in [-0.2, 0) is 4.79 Å². The lowest BCUT2D eigenvalue weighted by atomic mass is 10.3. The summed E-state index contributed by atoms with van der Waals surface area (Å²) in [5, 5.41) is 8.68. The van der Waals surface area contributed by atoms with Crippen molar-refractivity contribution < 1.29 is 4.79 Å². The molecule has 6 heteroatoms. The van der Waals surface area contributed by atoms with E-state index in [0.29, 0.717) is 18.3 Å². The first kappa shape index (κ1) is 13.2. The highest BCUT2D eigenvalue weighted by Crippen LogP contribution is 2.06. The normalized spacial score (nSPS) is 11.7. The Labute approximate surface area is 101 Å². The van der Waals surface area contributed by atoms with Gasteiger partial charge in [-0.05, 0) is 19.4 Å². The van der Waals surface area contributed by atoms with Gasteiger partial charge < -0.3 is 16.0 Å². The second-order valence-corrected chi connectivity index (χ2v) is 3.67. The van der Waals surface area contributed by atoms with E-state index in [1.807, 2.05) is 6.92 Å². The van der Waals surface area contributed by atoms with Crippen LogP contribution in [0.5, 0.6) is 0 Å². The molecule has 0 fully saturated rings. The van der Waals surface area contributed by atoms with Gasteiger partial charge in [0.2, 0.25) is 11.9 Å². The van der Waals surface area contributed by atoms with Crippen LogP contribution < -0.4 is 16.0 Å². The van der Waals surface area contributed by atoms with Crippen molar-refractivity contribution in [1.29, 1.82) is 0 Å². The van der Waals surface area contributed by atoms with Crippen LogP contribution in [0.2, 0.25) is 0 Å². The summed E-state index contributed by atoms with van der Waals surface area (Å²) < 4.78 is 0. The molecule has 0 saturated carbocycles. The first-order chi connectivity index (χ1) is 8.17. The molecule has 0 spiro atoms. The predicted octanol–water partition coefficient (Wildman–Crippen LogP) is 0.845. The van der Waals surface area contributed by atoms with Gasteiger partial charge in [0, 0.05) is 19.8 Å². The summed E-state index contributed by atoms with van der Waals surface area (Å²) in [4.78, 5) is 19.8. The van der Waals surface area contributed by atoms with Crippen molar-refractivity contribution in [2.24, 2.45) is 0 Å². The smallest absolute Gasteiger partial charge is 0.242 e. The lowest BCUT2D eigenvalue weighted by Crippen LogP contribution is -2.38. The largest absolute Gasteiger partial charge is 0.358 e. The minimum absolute atomic E-state index is 0.0310. The van der Waals surface area contributed by atoms with Crippen LogP contribution >= 0.6 is 0 Å². The van der Waals surface area contributed by atoms with E-state index in [-0.39, 0.29) is 11.9 Å². The maximum atomic E-state index is 11.6. The second-order valence-electron chi connectivity index (χ2n) is 3.67. The molecule has 1 amide bonds. The number of hydrogen-bond acceptors (Lipinski definition) is 5. The van der Waals surface area contributed by atoms with E-state index in [1.54, 1.807) is 26.2 Å². The Kier molecular flexibility index (Phi) is 5.19. The van der Waals surface area contributed by atoms with Crippen molar-refractivity contribution in [2.45, 2.75) is 26.3 Å². The molecule has 0 saturated heterocycles. The molecular weight excluding hydrogens is 218 g/mol. The molecule has 1 heterocycles. The fourth-order valence-electron chi connectivity index (χ4n) is 1.25. The van der Waals surface area contributed by atoms with E-state index in [4.69, 9.17) is 0 Å². The topological polar surface area (TPSA) is 78.9 Å². The van der Waals surface area contributed by atoms with Crippen LogP contribution in [0.4, 0.5) is 11.8 Å². The lowest BCUT2D eigenvalue weighted by molar-refractivity contribution is -0.121. The van der Waals surface area contributed by atoms with Crippen LogP contribution in [0.3, 0.4) is 0 Å². The molecule has 94 valence electrons. The van der Waals surface area contributed by atoms with Crippen molar-refractivity contribution >= 4 is 17.7 Å². The summed E-state index contributed by atoms with van der Waals surface area (Å²) in [6.07, 6.45) is 2.56. The van der Waals surface area contributed by atoms with Gasteiger partial charge in [-0.2, -0.15) is 4.98 Å². The number of hydrogen-bond donors (Lipinski definition) is 3. The van der Waals surface area contributed by atoms with E-state index in [1.165, 1.54) is 0 Å². The first-order valence-electron chi connectivity index (χ1n) is 5.72. The van der Waals surface area contributed by atoms with Gasteiger partial charge in [-0.1, -0.05) is 6.92 Å². The number of nitrogens with one attached hydrogen (secondary N) is 3. The summed E-state index contributed by atoms with van der Waals surface area (Å²) in [5.41, 5.74) is 0. The molecule has 1 unspecified atom stereocenters. The summed E-state index contributed by atoms with van der Waals surface area (Å²) >= 11 is 0. The molecular formula is C11H19N5O. The highest BCUT2D eigenvalue weighted by molar-refractivity contribution is 5.83. The van der Waals surface area contributed by atoms with Crippen molar-refractivity contribution in [2.75, 3.05) is 24.2 Å². The molecule has 17 heavy (non-hydrogen) atoms. The second kappa shape index (κ2) is 6.67. The number of anilines is 2. The van der Waals surface area contributed by atoms with Crippen LogP contribution in [0.15, 0.2) is 12.3 Å². The third-order valence-corrected chi connectivity index (χ3v) is 2.19. The fraction of sp³-hybridized carbons (Fsp3) is 0.545. The van der Waals surface area contributed by atoms with E-state index in [2.05, 4.69) is 25.9 Å². The van der Waals surface area contributed by atoms with Gasteiger partial charge in [-0.25, -0.2) is 4.98 Å². The average Bonchev–Trinajstić information content (AvgIpc) is 2.36. The fourth-order valence-corrected chi connectivity index (χ4v) is 1.25. The molecule has 0 aliphatic rings. The molecule has 3 N–H and O–H groups in total. The van der Waals surface area contributed by atoms with E-state index < -0.39 is 0 Å². The molecule has 1 aromatic rings. The van der Waals surface area contributed by atoms with E-state index >= 15 is 0 Å². The molecule has 0 radical (unpaired) electrons. The van der Waals surface area contributed by atoms with Crippen molar-refractivity contribution in [3.8, 4) is 0 Å². The summed E-state index contributed by atoms with van der Waals surface area (Å²) in [6, 6.07) is 1.41. The lowest BCUT2D eigenvalue weighted by Gasteiger charge is -2.14. The number of amides is 1. The van der Waals surface area contributed by atoms with Gasteiger partial charge in [0.1, 0.15) is 11.9 Å². The van der Waals surface area contributed by atoms with Crippen LogP contribution in [0, 0.1) is 0 Å². The van der Waals surface area contributed by atoms with E-state index in [0.717, 1.165) is 6.42 Å². The van der Waals surface area contributed by atoms with Crippen molar-refractivity contribution in [1.82, 2.24) is 15.3 Å². The minimum atomic E-state index is -0.318. The zero-order chi connectivity index (χ0) is 12.7. The third kappa shape index (κ3) is 4.26. The Hall–Kier alpha value is -1.85. The monoisotopic (exact) mass is 237 g/mol. The Morgan fingerprint density at radius 1 is 1.53 bits per heavy atom. The summed E-state index contributed by atoms with van der Waals surface area (Å²) in [6.45, 7) is 4.50. The standard InChI is InChI=1S/C11H19N5O/c1-4-6-13-10(17)8(2)15-9-5-7-14-11(12-3)16-9/h5,7-8H,4,6H2,1-3H3,(H,13,17)(H2,12,14,15,16). The van der Waals surface area contributed by atoms with E-state index in [9.17, 15) is 4.79 Å². The van der Waals surface area contributed by atoms with Crippen molar-refractivity contribution in [3.05, 3.63) is 12.3 Å². The predicted molar refractivity (Wildman–Crippen MR) is 68.0 cm³/mol. The zero-order valence-corrected chi connectivity index (χ0v) is 10.4. The van der Waals surface area contributed by atoms with Gasteiger partial charge in [0.05, 0.1) is 0 Å². The molecule has 1 atom stereocenters. The minimum Gasteiger partial charge on any atom is -0.358 e. The molecule has 6 nitrogen and oxygen atoms in total. The Bertz CT molecular complexity index is 369. The number of rotatable bonds is 6. The maximum absolute atomic E-state index is 11.6. The number of aromatic nitrogens is 2. The third-order valence-electron chi connectivity index (χ3n) is 2.19.